The number of benzene rings is 2. The van der Waals surface area contributed by atoms with Crippen LogP contribution in [0.5, 0.6) is 0 Å². The fourth-order valence-corrected chi connectivity index (χ4v) is 5.87. The molecule has 10 nitrogen and oxygen atoms in total. The summed E-state index contributed by atoms with van der Waals surface area (Å²) in [7, 11) is 0. The standard InChI is InChI=1S/C32H40N4O6S/c1-20(2)17-27(30(39)35-25(19-23-15-16-33-29(23)38)28(37)31(40)34-24-13-14-24)43-36-32(41)42-26(22-11-7-4-8-12-22)18-21-9-5-3-6-10-21/h3-12,20,23-27H,13-19H2,1-2H3,(H,33,38)(H,34,40)(H,35,39)(H,36,41)/t23-,25-,26?,27-/m0/s1. The predicted octanol–water partition coefficient (Wildman–Crippen LogP) is 3.62. The summed E-state index contributed by atoms with van der Waals surface area (Å²) < 4.78 is 8.48. The van der Waals surface area contributed by atoms with Crippen LogP contribution in [0.15, 0.2) is 60.7 Å². The molecule has 2 aliphatic rings. The van der Waals surface area contributed by atoms with Gasteiger partial charge in [-0.05, 0) is 61.1 Å². The first kappa shape index (κ1) is 32.1. The summed E-state index contributed by atoms with van der Waals surface area (Å²) in [5, 5.41) is 7.37. The van der Waals surface area contributed by atoms with Crippen LogP contribution in [0, 0.1) is 11.8 Å². The summed E-state index contributed by atoms with van der Waals surface area (Å²) in [6.07, 6.45) is 1.79. The molecule has 2 fully saturated rings. The Morgan fingerprint density at radius 2 is 1.65 bits per heavy atom. The summed E-state index contributed by atoms with van der Waals surface area (Å²) in [6.45, 7) is 4.37. The Labute approximate surface area is 256 Å². The van der Waals surface area contributed by atoms with E-state index in [1.165, 1.54) is 0 Å². The maximum Gasteiger partial charge on any atom is 0.417 e. The number of hydrogen-bond acceptors (Lipinski definition) is 7. The van der Waals surface area contributed by atoms with Gasteiger partial charge in [0, 0.05) is 24.9 Å². The van der Waals surface area contributed by atoms with Gasteiger partial charge in [0.1, 0.15) is 11.4 Å². The van der Waals surface area contributed by atoms with E-state index in [0.29, 0.717) is 25.8 Å². The van der Waals surface area contributed by atoms with Gasteiger partial charge in [0.2, 0.25) is 17.6 Å². The van der Waals surface area contributed by atoms with Crippen molar-refractivity contribution in [1.29, 1.82) is 0 Å². The van der Waals surface area contributed by atoms with Gasteiger partial charge in [-0.2, -0.15) is 0 Å². The van der Waals surface area contributed by atoms with Crippen LogP contribution in [0.1, 0.15) is 63.2 Å². The lowest BCUT2D eigenvalue weighted by Crippen LogP contribution is -2.51. The molecule has 4 atom stereocenters. The van der Waals surface area contributed by atoms with E-state index in [2.05, 4.69) is 20.7 Å². The van der Waals surface area contributed by atoms with Gasteiger partial charge >= 0.3 is 6.09 Å². The monoisotopic (exact) mass is 608 g/mol. The smallest absolute Gasteiger partial charge is 0.417 e. The second kappa shape index (κ2) is 15.6. The fraction of sp³-hybridized carbons (Fsp3) is 0.469. The van der Waals surface area contributed by atoms with Crippen LogP contribution < -0.4 is 20.7 Å². The number of nitrogens with one attached hydrogen (secondary N) is 4. The Hall–Kier alpha value is -3.86. The predicted molar refractivity (Wildman–Crippen MR) is 164 cm³/mol. The number of ketones is 1. The third kappa shape index (κ3) is 10.1. The molecule has 4 N–H and O–H groups in total. The summed E-state index contributed by atoms with van der Waals surface area (Å²) in [4.78, 5) is 64.4. The van der Waals surface area contributed by atoms with Crippen LogP contribution in [-0.2, 0) is 30.3 Å². The van der Waals surface area contributed by atoms with E-state index < -0.39 is 47.0 Å². The minimum Gasteiger partial charge on any atom is -0.440 e. The van der Waals surface area contributed by atoms with Crippen LogP contribution in [0.25, 0.3) is 0 Å². The highest BCUT2D eigenvalue weighted by Gasteiger charge is 2.37. The molecule has 1 aliphatic heterocycles. The molecule has 0 aromatic heterocycles. The lowest BCUT2D eigenvalue weighted by Gasteiger charge is -2.24. The SMILES string of the molecule is CC(C)C[C@H](SNC(=O)OC(Cc1ccccc1)c1ccccc1)C(=O)N[C@@H](C[C@@H]1CCNC1=O)C(=O)C(=O)NC1CC1. The molecule has 11 heteroatoms. The molecule has 4 rings (SSSR count). The maximum atomic E-state index is 13.5. The highest BCUT2D eigenvalue weighted by molar-refractivity contribution is 7.99. The molecule has 0 radical (unpaired) electrons. The van der Waals surface area contributed by atoms with Crippen molar-refractivity contribution in [2.45, 2.75) is 75.8 Å². The van der Waals surface area contributed by atoms with Crippen molar-refractivity contribution in [3.05, 3.63) is 71.8 Å². The average molecular weight is 609 g/mol. The van der Waals surface area contributed by atoms with Gasteiger partial charge in [-0.25, -0.2) is 4.79 Å². The molecule has 1 saturated heterocycles. The number of hydrogen-bond donors (Lipinski definition) is 4. The lowest BCUT2D eigenvalue weighted by atomic mass is 9.95. The van der Waals surface area contributed by atoms with Crippen molar-refractivity contribution < 1.29 is 28.7 Å². The van der Waals surface area contributed by atoms with Crippen molar-refractivity contribution in [2.75, 3.05) is 6.54 Å². The topological polar surface area (TPSA) is 143 Å². The largest absolute Gasteiger partial charge is 0.440 e. The molecule has 1 unspecified atom stereocenters. The van der Waals surface area contributed by atoms with Gasteiger partial charge in [-0.3, -0.25) is 23.9 Å². The first-order valence-electron chi connectivity index (χ1n) is 14.8. The van der Waals surface area contributed by atoms with Gasteiger partial charge in [-0.15, -0.1) is 0 Å². The quantitative estimate of drug-likeness (QED) is 0.179. The molecule has 2 aromatic rings. The molecular weight excluding hydrogens is 568 g/mol. The Morgan fingerprint density at radius 1 is 0.977 bits per heavy atom. The van der Waals surface area contributed by atoms with Crippen molar-refractivity contribution in [2.24, 2.45) is 11.8 Å². The van der Waals surface area contributed by atoms with E-state index in [4.69, 9.17) is 4.74 Å². The van der Waals surface area contributed by atoms with Gasteiger partial charge in [0.05, 0.1) is 6.04 Å². The Kier molecular flexibility index (Phi) is 11.6. The molecule has 2 aromatic carbocycles. The number of carbonyl (C=O) groups is 5. The van der Waals surface area contributed by atoms with Crippen molar-refractivity contribution >= 4 is 41.5 Å². The summed E-state index contributed by atoms with van der Waals surface area (Å²) in [6, 6.07) is 18.0. The van der Waals surface area contributed by atoms with Gasteiger partial charge in [-0.1, -0.05) is 74.5 Å². The average Bonchev–Trinajstić information content (AvgIpc) is 3.73. The Balaban J connectivity index is 1.41. The van der Waals surface area contributed by atoms with E-state index in [0.717, 1.165) is 35.9 Å². The van der Waals surface area contributed by atoms with E-state index in [1.54, 1.807) is 0 Å². The molecule has 43 heavy (non-hydrogen) atoms. The molecule has 0 bridgehead atoms. The van der Waals surface area contributed by atoms with Crippen molar-refractivity contribution in [1.82, 2.24) is 20.7 Å². The zero-order valence-electron chi connectivity index (χ0n) is 24.5. The van der Waals surface area contributed by atoms with Crippen LogP contribution in [0.2, 0.25) is 0 Å². The van der Waals surface area contributed by atoms with E-state index in [9.17, 15) is 24.0 Å². The summed E-state index contributed by atoms with van der Waals surface area (Å²) >= 11 is 0.908. The second-order valence-corrected chi connectivity index (χ2v) is 12.5. The molecule has 4 amide bonds. The molecule has 1 aliphatic carbocycles. The Bertz CT molecular complexity index is 1270. The maximum absolute atomic E-state index is 13.5. The molecule has 0 spiro atoms. The van der Waals surface area contributed by atoms with Crippen molar-refractivity contribution in [3.63, 3.8) is 0 Å². The zero-order valence-corrected chi connectivity index (χ0v) is 25.4. The second-order valence-electron chi connectivity index (χ2n) is 11.5. The minimum atomic E-state index is -1.16. The lowest BCUT2D eigenvalue weighted by molar-refractivity contribution is -0.140. The fourth-order valence-electron chi connectivity index (χ4n) is 4.93. The highest BCUT2D eigenvalue weighted by atomic mass is 32.2. The number of rotatable bonds is 15. The van der Waals surface area contributed by atoms with Gasteiger partial charge in [0.15, 0.2) is 0 Å². The van der Waals surface area contributed by atoms with E-state index >= 15 is 0 Å². The van der Waals surface area contributed by atoms with Crippen LogP contribution in [0.3, 0.4) is 0 Å². The normalized spacial score (nSPS) is 18.2. The molecule has 230 valence electrons. The Morgan fingerprint density at radius 3 is 2.26 bits per heavy atom. The molecule has 1 heterocycles. The third-order valence-electron chi connectivity index (χ3n) is 7.40. The number of carbonyl (C=O) groups excluding carboxylic acids is 5. The zero-order chi connectivity index (χ0) is 30.8. The van der Waals surface area contributed by atoms with Crippen LogP contribution in [-0.4, -0.2) is 53.5 Å². The highest BCUT2D eigenvalue weighted by Crippen LogP contribution is 2.25. The van der Waals surface area contributed by atoms with Crippen molar-refractivity contribution in [3.8, 4) is 0 Å². The molecule has 1 saturated carbocycles. The van der Waals surface area contributed by atoms with Gasteiger partial charge in [0.25, 0.3) is 5.91 Å². The van der Waals surface area contributed by atoms with E-state index in [1.807, 2.05) is 74.5 Å². The number of ether oxygens (including phenoxy) is 1. The van der Waals surface area contributed by atoms with E-state index in [-0.39, 0.29) is 24.3 Å². The number of amides is 4. The minimum absolute atomic E-state index is 0.0244. The van der Waals surface area contributed by atoms with Crippen LogP contribution >= 0.6 is 11.9 Å². The third-order valence-corrected chi connectivity index (χ3v) is 8.37. The van der Waals surface area contributed by atoms with Crippen LogP contribution in [0.4, 0.5) is 4.79 Å². The first-order chi connectivity index (χ1) is 20.7. The summed E-state index contributed by atoms with van der Waals surface area (Å²) in [5.74, 6) is -2.62. The van der Waals surface area contributed by atoms with Gasteiger partial charge < -0.3 is 20.7 Å². The number of Topliss-reactive ketones (excluding diaryl/α,β-unsaturated/α-hetero) is 1. The first-order valence-corrected chi connectivity index (χ1v) is 15.7. The molecular formula is C32H40N4O6S. The summed E-state index contributed by atoms with van der Waals surface area (Å²) in [5.41, 5.74) is 1.84.